The van der Waals surface area contributed by atoms with Crippen molar-refractivity contribution in [3.8, 4) is 0 Å². The molecule has 0 unspecified atom stereocenters. The van der Waals surface area contributed by atoms with Gasteiger partial charge in [-0.2, -0.15) is 0 Å². The minimum absolute atomic E-state index is 0.00497. The molecular weight excluding hydrogens is 198 g/mol. The van der Waals surface area contributed by atoms with Gasteiger partial charge in [-0.25, -0.2) is 0 Å². The monoisotopic (exact) mass is 205 g/mol. The molecule has 0 radical (unpaired) electrons. The van der Waals surface area contributed by atoms with Crippen LogP contribution in [-0.4, -0.2) is 10.8 Å². The van der Waals surface area contributed by atoms with Gasteiger partial charge in [-0.1, -0.05) is 23.7 Å². The molecular formula is C11H8ClNO. The van der Waals surface area contributed by atoms with Gasteiger partial charge in [-0.05, 0) is 19.1 Å². The summed E-state index contributed by atoms with van der Waals surface area (Å²) in [5.74, 6) is 0.00497. The number of pyridine rings is 1. The molecule has 0 amide bonds. The van der Waals surface area contributed by atoms with E-state index in [1.54, 1.807) is 18.3 Å². The summed E-state index contributed by atoms with van der Waals surface area (Å²) in [6, 6.07) is 7.14. The molecule has 1 aromatic heterocycles. The average molecular weight is 206 g/mol. The van der Waals surface area contributed by atoms with E-state index < -0.39 is 0 Å². The van der Waals surface area contributed by atoms with Crippen molar-refractivity contribution in [1.29, 1.82) is 0 Å². The molecule has 70 valence electrons. The zero-order chi connectivity index (χ0) is 10.1. The Bertz CT molecular complexity index is 508. The van der Waals surface area contributed by atoms with Crippen LogP contribution in [0.25, 0.3) is 10.9 Å². The molecule has 3 heteroatoms. The first-order valence-electron chi connectivity index (χ1n) is 4.24. The molecule has 2 rings (SSSR count). The van der Waals surface area contributed by atoms with Gasteiger partial charge in [0.05, 0.1) is 10.5 Å². The van der Waals surface area contributed by atoms with Crippen LogP contribution in [0.15, 0.2) is 30.5 Å². The van der Waals surface area contributed by atoms with E-state index in [4.69, 9.17) is 11.6 Å². The summed E-state index contributed by atoms with van der Waals surface area (Å²) >= 11 is 5.98. The summed E-state index contributed by atoms with van der Waals surface area (Å²) in [7, 11) is 0. The lowest BCUT2D eigenvalue weighted by atomic mass is 10.1. The van der Waals surface area contributed by atoms with E-state index >= 15 is 0 Å². The van der Waals surface area contributed by atoms with E-state index in [0.717, 1.165) is 5.39 Å². The summed E-state index contributed by atoms with van der Waals surface area (Å²) in [4.78, 5) is 15.4. The first-order chi connectivity index (χ1) is 6.70. The summed E-state index contributed by atoms with van der Waals surface area (Å²) in [5.41, 5.74) is 1.29. The highest BCUT2D eigenvalue weighted by atomic mass is 35.5. The highest BCUT2D eigenvalue weighted by Gasteiger charge is 2.07. The number of Topliss-reactive ketones (excluding diaryl/α,β-unsaturated/α-hetero) is 1. The fraction of sp³-hybridized carbons (Fsp3) is 0.0909. The predicted molar refractivity (Wildman–Crippen MR) is 56.8 cm³/mol. The van der Waals surface area contributed by atoms with Crippen LogP contribution in [-0.2, 0) is 0 Å². The molecule has 0 bridgehead atoms. The Hall–Kier alpha value is -1.41. The minimum atomic E-state index is 0.00497. The Morgan fingerprint density at radius 1 is 1.36 bits per heavy atom. The lowest BCUT2D eigenvalue weighted by molar-refractivity contribution is 0.101. The number of benzene rings is 1. The van der Waals surface area contributed by atoms with E-state index in [9.17, 15) is 4.79 Å². The summed E-state index contributed by atoms with van der Waals surface area (Å²) in [6.45, 7) is 1.53. The quantitative estimate of drug-likeness (QED) is 0.670. The number of fused-ring (bicyclic) bond motifs is 1. The number of halogens is 1. The highest BCUT2D eigenvalue weighted by molar-refractivity contribution is 6.35. The van der Waals surface area contributed by atoms with Crippen LogP contribution in [0.5, 0.6) is 0 Å². The Labute approximate surface area is 86.5 Å². The van der Waals surface area contributed by atoms with E-state index in [1.165, 1.54) is 6.92 Å². The van der Waals surface area contributed by atoms with Crippen LogP contribution >= 0.6 is 11.6 Å². The Kier molecular flexibility index (Phi) is 2.22. The van der Waals surface area contributed by atoms with Gasteiger partial charge in [0.1, 0.15) is 0 Å². The molecule has 2 aromatic rings. The van der Waals surface area contributed by atoms with Gasteiger partial charge >= 0.3 is 0 Å². The first kappa shape index (κ1) is 9.16. The van der Waals surface area contributed by atoms with E-state index in [-0.39, 0.29) is 5.78 Å². The van der Waals surface area contributed by atoms with Crippen molar-refractivity contribution in [2.24, 2.45) is 0 Å². The van der Waals surface area contributed by atoms with Crippen LogP contribution in [0.1, 0.15) is 17.3 Å². The number of carbonyl (C=O) groups is 1. The van der Waals surface area contributed by atoms with Crippen molar-refractivity contribution in [3.63, 3.8) is 0 Å². The van der Waals surface area contributed by atoms with Gasteiger partial charge in [0.2, 0.25) is 0 Å². The molecule has 0 spiro atoms. The van der Waals surface area contributed by atoms with Gasteiger partial charge in [0, 0.05) is 17.1 Å². The lowest BCUT2D eigenvalue weighted by Gasteiger charge is -2.02. The third-order valence-corrected chi connectivity index (χ3v) is 2.43. The largest absolute Gasteiger partial charge is 0.294 e. The summed E-state index contributed by atoms with van der Waals surface area (Å²) in [5, 5.41) is 1.44. The number of ketones is 1. The highest BCUT2D eigenvalue weighted by Crippen LogP contribution is 2.23. The fourth-order valence-corrected chi connectivity index (χ4v) is 1.64. The molecule has 0 saturated carbocycles. The van der Waals surface area contributed by atoms with Crippen molar-refractivity contribution in [3.05, 3.63) is 41.0 Å². The van der Waals surface area contributed by atoms with Gasteiger partial charge in [-0.15, -0.1) is 0 Å². The van der Waals surface area contributed by atoms with Crippen LogP contribution in [0.2, 0.25) is 5.02 Å². The number of aromatic nitrogens is 1. The topological polar surface area (TPSA) is 30.0 Å². The van der Waals surface area contributed by atoms with E-state index in [1.807, 2.05) is 12.1 Å². The molecule has 0 atom stereocenters. The van der Waals surface area contributed by atoms with Gasteiger partial charge in [0.25, 0.3) is 0 Å². The molecule has 0 aliphatic carbocycles. The summed E-state index contributed by atoms with van der Waals surface area (Å²) < 4.78 is 0. The van der Waals surface area contributed by atoms with Crippen molar-refractivity contribution < 1.29 is 4.79 Å². The Morgan fingerprint density at radius 2 is 2.14 bits per heavy atom. The number of rotatable bonds is 1. The first-order valence-corrected chi connectivity index (χ1v) is 4.62. The average Bonchev–Trinajstić information content (AvgIpc) is 2.17. The number of carbonyl (C=O) groups excluding carboxylic acids is 1. The van der Waals surface area contributed by atoms with Crippen LogP contribution in [0, 0.1) is 0 Å². The molecule has 1 heterocycles. The zero-order valence-electron chi connectivity index (χ0n) is 7.62. The minimum Gasteiger partial charge on any atom is -0.294 e. The molecule has 2 nitrogen and oxygen atoms in total. The SMILES string of the molecule is CC(=O)c1cccc2c(Cl)ccnc12. The second kappa shape index (κ2) is 3.39. The maximum atomic E-state index is 11.3. The number of para-hydroxylation sites is 1. The Morgan fingerprint density at radius 3 is 2.86 bits per heavy atom. The van der Waals surface area contributed by atoms with E-state index in [0.29, 0.717) is 16.1 Å². The van der Waals surface area contributed by atoms with Crippen molar-refractivity contribution in [2.75, 3.05) is 0 Å². The van der Waals surface area contributed by atoms with Gasteiger partial charge in [-0.3, -0.25) is 9.78 Å². The number of hydrogen-bond donors (Lipinski definition) is 0. The second-order valence-corrected chi connectivity index (χ2v) is 3.46. The smallest absolute Gasteiger partial charge is 0.161 e. The van der Waals surface area contributed by atoms with Gasteiger partial charge < -0.3 is 0 Å². The van der Waals surface area contributed by atoms with Crippen LogP contribution < -0.4 is 0 Å². The fourth-order valence-electron chi connectivity index (χ4n) is 1.43. The molecule has 0 fully saturated rings. The maximum absolute atomic E-state index is 11.3. The molecule has 0 saturated heterocycles. The molecule has 0 N–H and O–H groups in total. The van der Waals surface area contributed by atoms with Crippen molar-refractivity contribution >= 4 is 28.3 Å². The second-order valence-electron chi connectivity index (χ2n) is 3.05. The molecule has 0 aliphatic rings. The lowest BCUT2D eigenvalue weighted by Crippen LogP contribution is -1.95. The third-order valence-electron chi connectivity index (χ3n) is 2.10. The summed E-state index contributed by atoms with van der Waals surface area (Å²) in [6.07, 6.45) is 1.61. The van der Waals surface area contributed by atoms with Crippen molar-refractivity contribution in [1.82, 2.24) is 4.98 Å². The molecule has 0 aliphatic heterocycles. The van der Waals surface area contributed by atoms with Crippen molar-refractivity contribution in [2.45, 2.75) is 6.92 Å². The van der Waals surface area contributed by atoms with E-state index in [2.05, 4.69) is 4.98 Å². The molecule has 1 aromatic carbocycles. The number of nitrogens with zero attached hydrogens (tertiary/aromatic N) is 1. The van der Waals surface area contributed by atoms with Crippen LogP contribution in [0.3, 0.4) is 0 Å². The Balaban J connectivity index is 2.88. The standard InChI is InChI=1S/C11H8ClNO/c1-7(14)8-3-2-4-9-10(12)5-6-13-11(8)9/h2-6H,1H3. The number of hydrogen-bond acceptors (Lipinski definition) is 2. The predicted octanol–water partition coefficient (Wildman–Crippen LogP) is 3.09. The van der Waals surface area contributed by atoms with Crippen LogP contribution in [0.4, 0.5) is 0 Å². The normalized spacial score (nSPS) is 10.4. The zero-order valence-corrected chi connectivity index (χ0v) is 8.38. The molecule has 14 heavy (non-hydrogen) atoms. The van der Waals surface area contributed by atoms with Gasteiger partial charge in [0.15, 0.2) is 5.78 Å². The third kappa shape index (κ3) is 1.38. The maximum Gasteiger partial charge on any atom is 0.161 e.